The minimum atomic E-state index is 0.567. The predicted molar refractivity (Wildman–Crippen MR) is 80.0 cm³/mol. The lowest BCUT2D eigenvalue weighted by molar-refractivity contribution is 0.268. The molecule has 0 saturated heterocycles. The van der Waals surface area contributed by atoms with Crippen LogP contribution in [0.5, 0.6) is 0 Å². The molecule has 0 aliphatic rings. The smallest absolute Gasteiger partial charge is 0.0340 e. The molecular formula is C14H24N2S. The first kappa shape index (κ1) is 14.4. The molecule has 2 nitrogen and oxygen atoms in total. The number of anilines is 1. The van der Waals surface area contributed by atoms with Crippen molar-refractivity contribution >= 4 is 17.4 Å². The number of hydrogen-bond donors (Lipinski definition) is 1. The van der Waals surface area contributed by atoms with E-state index in [1.165, 1.54) is 24.4 Å². The van der Waals surface area contributed by atoms with E-state index >= 15 is 0 Å². The van der Waals surface area contributed by atoms with Crippen molar-refractivity contribution in [3.63, 3.8) is 0 Å². The molecule has 1 atom stereocenters. The van der Waals surface area contributed by atoms with E-state index in [1.54, 1.807) is 0 Å². The van der Waals surface area contributed by atoms with Crippen LogP contribution in [0.2, 0.25) is 0 Å². The van der Waals surface area contributed by atoms with Crippen molar-refractivity contribution in [2.45, 2.75) is 19.4 Å². The van der Waals surface area contributed by atoms with Crippen LogP contribution in [0.1, 0.15) is 13.3 Å². The lowest BCUT2D eigenvalue weighted by atomic mass is 10.2. The second kappa shape index (κ2) is 8.43. The summed E-state index contributed by atoms with van der Waals surface area (Å²) < 4.78 is 0. The van der Waals surface area contributed by atoms with Gasteiger partial charge in [-0.05, 0) is 51.1 Å². The fourth-order valence-electron chi connectivity index (χ4n) is 1.66. The van der Waals surface area contributed by atoms with Crippen molar-refractivity contribution < 1.29 is 0 Å². The third-order valence-corrected chi connectivity index (χ3v) is 3.68. The Morgan fingerprint density at radius 2 is 2.00 bits per heavy atom. The number of para-hydroxylation sites is 1. The Labute approximate surface area is 110 Å². The van der Waals surface area contributed by atoms with Gasteiger partial charge in [0.2, 0.25) is 0 Å². The van der Waals surface area contributed by atoms with Gasteiger partial charge in [0.05, 0.1) is 0 Å². The molecule has 1 rings (SSSR count). The van der Waals surface area contributed by atoms with E-state index in [1.807, 2.05) is 17.8 Å². The zero-order valence-corrected chi connectivity index (χ0v) is 12.0. The Kier molecular flexibility index (Phi) is 7.13. The molecule has 96 valence electrons. The predicted octanol–water partition coefficient (Wildman–Crippen LogP) is 3.17. The average molecular weight is 252 g/mol. The molecular weight excluding hydrogens is 228 g/mol. The monoisotopic (exact) mass is 252 g/mol. The average Bonchev–Trinajstić information content (AvgIpc) is 2.37. The largest absolute Gasteiger partial charge is 0.383 e. The molecule has 1 aromatic rings. The second-order valence-corrected chi connectivity index (χ2v) is 5.41. The lowest BCUT2D eigenvalue weighted by Crippen LogP contribution is -2.35. The fraction of sp³-hybridized carbons (Fsp3) is 0.571. The van der Waals surface area contributed by atoms with Crippen molar-refractivity contribution in [2.24, 2.45) is 0 Å². The summed E-state index contributed by atoms with van der Waals surface area (Å²) in [6.45, 7) is 4.45. The first-order valence-electron chi connectivity index (χ1n) is 6.22. The fourth-order valence-corrected chi connectivity index (χ4v) is 2.07. The molecule has 0 spiro atoms. The molecule has 0 saturated carbocycles. The van der Waals surface area contributed by atoms with Gasteiger partial charge in [-0.15, -0.1) is 0 Å². The minimum Gasteiger partial charge on any atom is -0.383 e. The van der Waals surface area contributed by atoms with Crippen LogP contribution in [-0.4, -0.2) is 43.1 Å². The molecule has 0 aliphatic carbocycles. The standard InChI is InChI=1S/C14H24N2S/c1-13(16(2)10-7-11-17-3)12-15-14-8-5-4-6-9-14/h4-6,8-9,13,15H,7,10-12H2,1-3H3. The van der Waals surface area contributed by atoms with E-state index in [-0.39, 0.29) is 0 Å². The Balaban J connectivity index is 2.22. The topological polar surface area (TPSA) is 15.3 Å². The Hall–Kier alpha value is -0.670. The van der Waals surface area contributed by atoms with Gasteiger partial charge >= 0.3 is 0 Å². The lowest BCUT2D eigenvalue weighted by Gasteiger charge is -2.25. The zero-order chi connectivity index (χ0) is 12.5. The van der Waals surface area contributed by atoms with Crippen LogP contribution < -0.4 is 5.32 Å². The first-order valence-corrected chi connectivity index (χ1v) is 7.61. The Morgan fingerprint density at radius 3 is 2.65 bits per heavy atom. The second-order valence-electron chi connectivity index (χ2n) is 4.42. The summed E-state index contributed by atoms with van der Waals surface area (Å²) in [5.41, 5.74) is 1.21. The SMILES string of the molecule is CSCCCN(C)C(C)CNc1ccccc1. The van der Waals surface area contributed by atoms with Crippen LogP contribution in [0.3, 0.4) is 0 Å². The van der Waals surface area contributed by atoms with Crippen LogP contribution in [-0.2, 0) is 0 Å². The number of benzene rings is 1. The highest BCUT2D eigenvalue weighted by Crippen LogP contribution is 2.06. The molecule has 0 amide bonds. The number of rotatable bonds is 8. The van der Waals surface area contributed by atoms with Crippen LogP contribution in [0.4, 0.5) is 5.69 Å². The zero-order valence-electron chi connectivity index (χ0n) is 11.1. The van der Waals surface area contributed by atoms with E-state index < -0.39 is 0 Å². The first-order chi connectivity index (χ1) is 8.24. The van der Waals surface area contributed by atoms with Gasteiger partial charge in [0.15, 0.2) is 0 Å². The van der Waals surface area contributed by atoms with Gasteiger partial charge < -0.3 is 10.2 Å². The maximum absolute atomic E-state index is 3.47. The molecule has 0 fully saturated rings. The minimum absolute atomic E-state index is 0.567. The number of thioether (sulfide) groups is 1. The van der Waals surface area contributed by atoms with Gasteiger partial charge in [0, 0.05) is 18.3 Å². The van der Waals surface area contributed by atoms with Crippen molar-refractivity contribution in [3.05, 3.63) is 30.3 Å². The molecule has 0 aromatic heterocycles. The highest BCUT2D eigenvalue weighted by Gasteiger charge is 2.07. The van der Waals surface area contributed by atoms with E-state index in [0.717, 1.165) is 6.54 Å². The summed E-state index contributed by atoms with van der Waals surface area (Å²) in [5.74, 6) is 1.25. The third-order valence-electron chi connectivity index (χ3n) is 2.99. The highest BCUT2D eigenvalue weighted by molar-refractivity contribution is 7.98. The van der Waals surface area contributed by atoms with Crippen LogP contribution in [0.15, 0.2) is 30.3 Å². The quantitative estimate of drug-likeness (QED) is 0.715. The summed E-state index contributed by atoms with van der Waals surface area (Å²) in [5, 5.41) is 3.47. The summed E-state index contributed by atoms with van der Waals surface area (Å²) in [6, 6.07) is 11.0. The molecule has 3 heteroatoms. The molecule has 1 unspecified atom stereocenters. The molecule has 0 heterocycles. The van der Waals surface area contributed by atoms with Gasteiger partial charge in [-0.2, -0.15) is 11.8 Å². The van der Waals surface area contributed by atoms with Gasteiger partial charge in [0.1, 0.15) is 0 Å². The maximum Gasteiger partial charge on any atom is 0.0340 e. The molecule has 0 radical (unpaired) electrons. The summed E-state index contributed by atoms with van der Waals surface area (Å²) in [7, 11) is 2.21. The van der Waals surface area contributed by atoms with E-state index in [9.17, 15) is 0 Å². The van der Waals surface area contributed by atoms with Crippen LogP contribution >= 0.6 is 11.8 Å². The van der Waals surface area contributed by atoms with E-state index in [2.05, 4.69) is 54.7 Å². The number of nitrogens with one attached hydrogen (secondary N) is 1. The Morgan fingerprint density at radius 1 is 1.29 bits per heavy atom. The van der Waals surface area contributed by atoms with Crippen LogP contribution in [0, 0.1) is 0 Å². The molecule has 1 N–H and O–H groups in total. The summed E-state index contributed by atoms with van der Waals surface area (Å²) in [4.78, 5) is 2.42. The van der Waals surface area contributed by atoms with Gasteiger partial charge in [-0.1, -0.05) is 18.2 Å². The van der Waals surface area contributed by atoms with Crippen LogP contribution in [0.25, 0.3) is 0 Å². The van der Waals surface area contributed by atoms with Gasteiger partial charge in [-0.25, -0.2) is 0 Å². The van der Waals surface area contributed by atoms with E-state index in [0.29, 0.717) is 6.04 Å². The summed E-state index contributed by atoms with van der Waals surface area (Å²) in [6.07, 6.45) is 3.44. The van der Waals surface area contributed by atoms with Crippen molar-refractivity contribution in [3.8, 4) is 0 Å². The number of hydrogen-bond acceptors (Lipinski definition) is 3. The van der Waals surface area contributed by atoms with Crippen molar-refractivity contribution in [1.29, 1.82) is 0 Å². The number of likely N-dealkylation sites (N-methyl/N-ethyl adjacent to an activating group) is 1. The summed E-state index contributed by atoms with van der Waals surface area (Å²) >= 11 is 1.92. The highest BCUT2D eigenvalue weighted by atomic mass is 32.2. The van der Waals surface area contributed by atoms with Gasteiger partial charge in [0.25, 0.3) is 0 Å². The molecule has 17 heavy (non-hydrogen) atoms. The van der Waals surface area contributed by atoms with Crippen molar-refractivity contribution in [1.82, 2.24) is 4.90 Å². The van der Waals surface area contributed by atoms with Gasteiger partial charge in [-0.3, -0.25) is 0 Å². The van der Waals surface area contributed by atoms with E-state index in [4.69, 9.17) is 0 Å². The number of nitrogens with zero attached hydrogens (tertiary/aromatic N) is 1. The third kappa shape index (κ3) is 5.99. The molecule has 1 aromatic carbocycles. The Bertz CT molecular complexity index is 290. The molecule has 0 aliphatic heterocycles. The molecule has 0 bridgehead atoms. The normalized spacial score (nSPS) is 12.7. The maximum atomic E-state index is 3.47. The van der Waals surface area contributed by atoms with Crippen molar-refractivity contribution in [2.75, 3.05) is 37.5 Å².